The van der Waals surface area contributed by atoms with Gasteiger partial charge in [0.1, 0.15) is 5.75 Å². The number of alkyl halides is 1. The van der Waals surface area contributed by atoms with Crippen LogP contribution < -0.4 is 9.64 Å². The lowest BCUT2D eigenvalue weighted by atomic mass is 10.0. The van der Waals surface area contributed by atoms with Crippen LogP contribution in [0, 0.1) is 20.8 Å². The normalized spacial score (nSPS) is 10.3. The van der Waals surface area contributed by atoms with E-state index in [0.717, 1.165) is 28.1 Å². The summed E-state index contributed by atoms with van der Waals surface area (Å²) < 4.78 is 5.32. The fraction of sp³-hybridized carbons (Fsp3) is 0.500. The molecule has 1 aromatic carbocycles. The zero-order valence-electron chi connectivity index (χ0n) is 11.6. The van der Waals surface area contributed by atoms with Crippen LogP contribution in [0.3, 0.4) is 0 Å². The van der Waals surface area contributed by atoms with Gasteiger partial charge in [-0.25, -0.2) is 0 Å². The van der Waals surface area contributed by atoms with E-state index in [1.807, 2.05) is 26.8 Å². The minimum atomic E-state index is 0.0285. The Morgan fingerprint density at radius 2 is 1.94 bits per heavy atom. The Labute approximate surface area is 114 Å². The summed E-state index contributed by atoms with van der Waals surface area (Å²) in [6, 6.07) is 1.96. The molecule has 0 spiro atoms. The maximum absolute atomic E-state index is 11.9. The number of hydrogen-bond acceptors (Lipinski definition) is 2. The summed E-state index contributed by atoms with van der Waals surface area (Å²) >= 11 is 5.62. The summed E-state index contributed by atoms with van der Waals surface area (Å²) in [5.41, 5.74) is 4.10. The lowest BCUT2D eigenvalue weighted by Gasteiger charge is -2.24. The van der Waals surface area contributed by atoms with Crippen LogP contribution in [0.2, 0.25) is 0 Å². The predicted molar refractivity (Wildman–Crippen MR) is 76.0 cm³/mol. The maximum Gasteiger partial charge on any atom is 0.227 e. The number of halogens is 1. The van der Waals surface area contributed by atoms with Crippen molar-refractivity contribution in [2.45, 2.75) is 27.2 Å². The maximum atomic E-state index is 11.9. The van der Waals surface area contributed by atoms with E-state index in [1.165, 1.54) is 0 Å². The van der Waals surface area contributed by atoms with Crippen LogP contribution in [0.15, 0.2) is 6.07 Å². The predicted octanol–water partition coefficient (Wildman–Crippen LogP) is 3.21. The molecule has 0 unspecified atom stereocenters. The molecule has 0 heterocycles. The zero-order valence-corrected chi connectivity index (χ0v) is 12.4. The molecule has 1 aromatic rings. The highest BCUT2D eigenvalue weighted by Crippen LogP contribution is 2.33. The van der Waals surface area contributed by atoms with Crippen LogP contribution in [-0.4, -0.2) is 25.9 Å². The van der Waals surface area contributed by atoms with E-state index in [1.54, 1.807) is 19.1 Å². The minimum Gasteiger partial charge on any atom is -0.496 e. The molecule has 0 saturated carbocycles. The van der Waals surface area contributed by atoms with Crippen molar-refractivity contribution in [1.29, 1.82) is 0 Å². The van der Waals surface area contributed by atoms with Gasteiger partial charge >= 0.3 is 0 Å². The van der Waals surface area contributed by atoms with Crippen molar-refractivity contribution in [2.75, 3.05) is 24.9 Å². The molecule has 1 rings (SSSR count). The molecule has 0 aliphatic carbocycles. The third kappa shape index (κ3) is 2.78. The standard InChI is InChI=1S/C14H20ClNO2/c1-9-8-12(18-5)10(2)11(3)14(9)16(4)13(17)6-7-15/h8H,6-7H2,1-5H3. The molecule has 4 heteroatoms. The number of carbonyl (C=O) groups excluding carboxylic acids is 1. The summed E-state index contributed by atoms with van der Waals surface area (Å²) in [5.74, 6) is 1.23. The van der Waals surface area contributed by atoms with Gasteiger partial charge in [0.15, 0.2) is 0 Å². The average molecular weight is 270 g/mol. The SMILES string of the molecule is COc1cc(C)c(N(C)C(=O)CCCl)c(C)c1C. The van der Waals surface area contributed by atoms with Crippen molar-refractivity contribution in [1.82, 2.24) is 0 Å². The first-order valence-electron chi connectivity index (χ1n) is 5.91. The Kier molecular flexibility index (Phi) is 5.03. The Balaban J connectivity index is 3.25. The molecule has 0 radical (unpaired) electrons. The molecule has 0 N–H and O–H groups in total. The quantitative estimate of drug-likeness (QED) is 0.786. The number of methoxy groups -OCH3 is 1. The van der Waals surface area contributed by atoms with E-state index in [4.69, 9.17) is 16.3 Å². The van der Waals surface area contributed by atoms with Crippen LogP contribution in [0.4, 0.5) is 5.69 Å². The van der Waals surface area contributed by atoms with Gasteiger partial charge in [-0.3, -0.25) is 4.79 Å². The van der Waals surface area contributed by atoms with E-state index >= 15 is 0 Å². The number of carbonyl (C=O) groups is 1. The van der Waals surface area contributed by atoms with Crippen LogP contribution in [0.5, 0.6) is 5.75 Å². The number of nitrogens with zero attached hydrogens (tertiary/aromatic N) is 1. The Morgan fingerprint density at radius 3 is 2.44 bits per heavy atom. The van der Waals surface area contributed by atoms with Gasteiger partial charge in [-0.15, -0.1) is 11.6 Å². The molecule has 0 atom stereocenters. The molecule has 3 nitrogen and oxygen atoms in total. The van der Waals surface area contributed by atoms with E-state index in [2.05, 4.69) is 0 Å². The van der Waals surface area contributed by atoms with Crippen molar-refractivity contribution >= 4 is 23.2 Å². The van der Waals surface area contributed by atoms with Gasteiger partial charge in [0.2, 0.25) is 5.91 Å². The minimum absolute atomic E-state index is 0.0285. The average Bonchev–Trinajstić information content (AvgIpc) is 2.34. The molecular formula is C14H20ClNO2. The largest absolute Gasteiger partial charge is 0.496 e. The summed E-state index contributed by atoms with van der Waals surface area (Å²) in [6.45, 7) is 5.98. The number of rotatable bonds is 4. The molecular weight excluding hydrogens is 250 g/mol. The molecule has 18 heavy (non-hydrogen) atoms. The second kappa shape index (κ2) is 6.10. The molecule has 0 saturated heterocycles. The second-order valence-electron chi connectivity index (χ2n) is 4.39. The highest BCUT2D eigenvalue weighted by molar-refractivity contribution is 6.19. The van der Waals surface area contributed by atoms with Crippen LogP contribution >= 0.6 is 11.6 Å². The molecule has 0 aromatic heterocycles. The fourth-order valence-electron chi connectivity index (χ4n) is 2.13. The third-order valence-corrected chi connectivity index (χ3v) is 3.44. The lowest BCUT2D eigenvalue weighted by molar-refractivity contribution is -0.117. The van der Waals surface area contributed by atoms with E-state index in [-0.39, 0.29) is 5.91 Å². The molecule has 0 fully saturated rings. The van der Waals surface area contributed by atoms with E-state index in [0.29, 0.717) is 12.3 Å². The first-order valence-corrected chi connectivity index (χ1v) is 6.44. The Hall–Kier alpha value is -1.22. The topological polar surface area (TPSA) is 29.5 Å². The van der Waals surface area contributed by atoms with Crippen molar-refractivity contribution < 1.29 is 9.53 Å². The number of hydrogen-bond donors (Lipinski definition) is 0. The molecule has 100 valence electrons. The smallest absolute Gasteiger partial charge is 0.227 e. The summed E-state index contributed by atoms with van der Waals surface area (Å²) in [4.78, 5) is 13.6. The Bertz CT molecular complexity index is 458. The van der Waals surface area contributed by atoms with Gasteiger partial charge in [-0.05, 0) is 43.5 Å². The van der Waals surface area contributed by atoms with Gasteiger partial charge in [0, 0.05) is 25.0 Å². The number of amides is 1. The summed E-state index contributed by atoms with van der Waals surface area (Å²) in [7, 11) is 3.44. The molecule has 0 bridgehead atoms. The molecule has 1 amide bonds. The van der Waals surface area contributed by atoms with Crippen LogP contribution in [0.1, 0.15) is 23.1 Å². The Morgan fingerprint density at radius 1 is 1.33 bits per heavy atom. The van der Waals surface area contributed by atoms with Gasteiger partial charge in [0.05, 0.1) is 7.11 Å². The molecule has 0 aliphatic rings. The lowest BCUT2D eigenvalue weighted by Crippen LogP contribution is -2.28. The van der Waals surface area contributed by atoms with Crippen molar-refractivity contribution in [3.63, 3.8) is 0 Å². The highest BCUT2D eigenvalue weighted by atomic mass is 35.5. The first kappa shape index (κ1) is 14.8. The fourth-order valence-corrected chi connectivity index (χ4v) is 2.29. The summed E-state index contributed by atoms with van der Waals surface area (Å²) in [6.07, 6.45) is 0.349. The van der Waals surface area contributed by atoms with Gasteiger partial charge in [-0.1, -0.05) is 0 Å². The van der Waals surface area contributed by atoms with E-state index in [9.17, 15) is 4.79 Å². The number of ether oxygens (including phenoxy) is 1. The van der Waals surface area contributed by atoms with Crippen molar-refractivity contribution in [2.24, 2.45) is 0 Å². The summed E-state index contributed by atoms with van der Waals surface area (Å²) in [5, 5.41) is 0. The number of benzene rings is 1. The highest BCUT2D eigenvalue weighted by Gasteiger charge is 2.18. The van der Waals surface area contributed by atoms with Crippen molar-refractivity contribution in [3.8, 4) is 5.75 Å². The van der Waals surface area contributed by atoms with Gasteiger partial charge < -0.3 is 9.64 Å². The van der Waals surface area contributed by atoms with Crippen molar-refractivity contribution in [3.05, 3.63) is 22.8 Å². The van der Waals surface area contributed by atoms with E-state index < -0.39 is 0 Å². The van der Waals surface area contributed by atoms with Gasteiger partial charge in [-0.2, -0.15) is 0 Å². The van der Waals surface area contributed by atoms with Crippen LogP contribution in [-0.2, 0) is 4.79 Å². The number of aryl methyl sites for hydroxylation is 1. The second-order valence-corrected chi connectivity index (χ2v) is 4.76. The van der Waals surface area contributed by atoms with Gasteiger partial charge in [0.25, 0.3) is 0 Å². The number of anilines is 1. The monoisotopic (exact) mass is 269 g/mol. The first-order chi connectivity index (χ1) is 8.43. The van der Waals surface area contributed by atoms with Crippen LogP contribution in [0.25, 0.3) is 0 Å². The third-order valence-electron chi connectivity index (χ3n) is 3.25. The molecule has 0 aliphatic heterocycles. The zero-order chi connectivity index (χ0) is 13.9.